The topological polar surface area (TPSA) is 72.1 Å². The van der Waals surface area contributed by atoms with E-state index in [0.29, 0.717) is 22.7 Å². The normalized spacial score (nSPS) is 10.6. The van der Waals surface area contributed by atoms with Gasteiger partial charge in [0.15, 0.2) is 0 Å². The number of carbonyl (C=O) groups excluding carboxylic acids is 1. The molecule has 0 atom stereocenters. The summed E-state index contributed by atoms with van der Waals surface area (Å²) in [6.07, 6.45) is 3.45. The van der Waals surface area contributed by atoms with Gasteiger partial charge in [0.05, 0.1) is 5.75 Å². The molecule has 3 aromatic rings. The van der Waals surface area contributed by atoms with Gasteiger partial charge in [-0.1, -0.05) is 29.4 Å². The van der Waals surface area contributed by atoms with Crippen molar-refractivity contribution in [3.05, 3.63) is 59.4 Å². The van der Waals surface area contributed by atoms with Crippen LogP contribution in [0.5, 0.6) is 0 Å². The van der Waals surface area contributed by atoms with E-state index in [9.17, 15) is 4.79 Å². The zero-order chi connectivity index (χ0) is 17.6. The van der Waals surface area contributed by atoms with Gasteiger partial charge in [-0.25, -0.2) is 0 Å². The van der Waals surface area contributed by atoms with Crippen LogP contribution in [0.4, 0.5) is 0 Å². The minimum atomic E-state index is -0.0277. The Morgan fingerprint density at radius 2 is 2.04 bits per heavy atom. The van der Waals surface area contributed by atoms with E-state index in [0.717, 1.165) is 11.1 Å². The number of nitrogens with zero attached hydrogens (tertiary/aromatic N) is 4. The largest absolute Gasteiger partial charge is 0.411 e. The maximum absolute atomic E-state index is 12.2. The molecule has 1 amide bonds. The van der Waals surface area contributed by atoms with Crippen molar-refractivity contribution in [3.8, 4) is 11.5 Å². The lowest BCUT2D eigenvalue weighted by Crippen LogP contribution is -2.27. The summed E-state index contributed by atoms with van der Waals surface area (Å²) < 4.78 is 5.57. The van der Waals surface area contributed by atoms with E-state index in [4.69, 9.17) is 16.0 Å². The van der Waals surface area contributed by atoms with E-state index < -0.39 is 0 Å². The maximum atomic E-state index is 12.2. The molecular weight excluding hydrogens is 360 g/mol. The fraction of sp³-hybridized carbons (Fsp3) is 0.176. The first-order valence-corrected chi connectivity index (χ1v) is 8.83. The lowest BCUT2D eigenvalue weighted by molar-refractivity contribution is -0.127. The van der Waals surface area contributed by atoms with Crippen LogP contribution in [-0.2, 0) is 11.3 Å². The molecule has 1 aromatic carbocycles. The molecule has 0 radical (unpaired) electrons. The van der Waals surface area contributed by atoms with Crippen molar-refractivity contribution in [2.45, 2.75) is 11.8 Å². The van der Waals surface area contributed by atoms with Crippen molar-refractivity contribution in [3.63, 3.8) is 0 Å². The molecule has 25 heavy (non-hydrogen) atoms. The molecule has 6 nitrogen and oxygen atoms in total. The molecule has 0 saturated carbocycles. The van der Waals surface area contributed by atoms with Crippen LogP contribution in [-0.4, -0.2) is 38.8 Å². The van der Waals surface area contributed by atoms with Crippen molar-refractivity contribution in [2.75, 3.05) is 12.8 Å². The van der Waals surface area contributed by atoms with Crippen LogP contribution in [0.3, 0.4) is 0 Å². The lowest BCUT2D eigenvalue weighted by atomic mass is 10.2. The molecule has 8 heteroatoms. The highest BCUT2D eigenvalue weighted by molar-refractivity contribution is 7.99. The monoisotopic (exact) mass is 374 g/mol. The van der Waals surface area contributed by atoms with Gasteiger partial charge in [-0.15, -0.1) is 10.2 Å². The average Bonchev–Trinajstić information content (AvgIpc) is 3.10. The van der Waals surface area contributed by atoms with E-state index in [2.05, 4.69) is 15.2 Å². The van der Waals surface area contributed by atoms with Crippen LogP contribution < -0.4 is 0 Å². The van der Waals surface area contributed by atoms with Crippen molar-refractivity contribution in [2.24, 2.45) is 0 Å². The van der Waals surface area contributed by atoms with Gasteiger partial charge in [-0.05, 0) is 35.9 Å². The van der Waals surface area contributed by atoms with Gasteiger partial charge in [0.1, 0.15) is 0 Å². The lowest BCUT2D eigenvalue weighted by Gasteiger charge is -2.16. The zero-order valence-electron chi connectivity index (χ0n) is 13.4. The molecule has 0 bridgehead atoms. The number of rotatable bonds is 6. The van der Waals surface area contributed by atoms with Crippen LogP contribution in [0.2, 0.25) is 5.02 Å². The standard InChI is InChI=1S/C17H15ClN4O2S/c1-22(10-12-3-2-8-19-9-12)15(23)11-25-17-21-20-16(24-17)13-4-6-14(18)7-5-13/h2-9H,10-11H2,1H3. The number of aromatic nitrogens is 3. The highest BCUT2D eigenvalue weighted by atomic mass is 35.5. The van der Waals surface area contributed by atoms with E-state index >= 15 is 0 Å². The third-order valence-electron chi connectivity index (χ3n) is 3.39. The Hall–Kier alpha value is -2.38. The van der Waals surface area contributed by atoms with E-state index in [1.165, 1.54) is 11.8 Å². The van der Waals surface area contributed by atoms with Crippen LogP contribution in [0, 0.1) is 0 Å². The first-order valence-electron chi connectivity index (χ1n) is 7.47. The Balaban J connectivity index is 1.54. The van der Waals surface area contributed by atoms with Crippen LogP contribution >= 0.6 is 23.4 Å². The van der Waals surface area contributed by atoms with Gasteiger partial charge >= 0.3 is 0 Å². The molecule has 0 unspecified atom stereocenters. The third kappa shape index (κ3) is 4.80. The summed E-state index contributed by atoms with van der Waals surface area (Å²) in [6, 6.07) is 10.9. The fourth-order valence-electron chi connectivity index (χ4n) is 2.06. The summed E-state index contributed by atoms with van der Waals surface area (Å²) in [5.74, 6) is 0.592. The van der Waals surface area contributed by atoms with E-state index in [-0.39, 0.29) is 11.7 Å². The molecule has 0 spiro atoms. The highest BCUT2D eigenvalue weighted by Gasteiger charge is 2.14. The predicted octanol–water partition coefficient (Wildman–Crippen LogP) is 3.54. The smallest absolute Gasteiger partial charge is 0.277 e. The second kappa shape index (κ2) is 8.13. The van der Waals surface area contributed by atoms with Gasteiger partial charge in [0, 0.05) is 36.6 Å². The molecule has 128 valence electrons. The second-order valence-corrected chi connectivity index (χ2v) is 6.64. The number of hydrogen-bond donors (Lipinski definition) is 0. The van der Waals surface area contributed by atoms with Gasteiger partial charge in [0.2, 0.25) is 11.8 Å². The second-order valence-electron chi connectivity index (χ2n) is 5.28. The number of thioether (sulfide) groups is 1. The molecule has 0 aliphatic heterocycles. The first-order chi connectivity index (χ1) is 12.1. The molecule has 2 aromatic heterocycles. The number of amides is 1. The summed E-state index contributed by atoms with van der Waals surface area (Å²) in [7, 11) is 1.75. The Bertz CT molecular complexity index is 839. The Kier molecular flexibility index (Phi) is 5.67. The number of hydrogen-bond acceptors (Lipinski definition) is 6. The van der Waals surface area contributed by atoms with Gasteiger partial charge < -0.3 is 9.32 Å². The van der Waals surface area contributed by atoms with Crippen molar-refractivity contribution in [1.29, 1.82) is 0 Å². The van der Waals surface area contributed by atoms with E-state index in [1.54, 1.807) is 48.6 Å². The highest BCUT2D eigenvalue weighted by Crippen LogP contribution is 2.24. The molecule has 2 heterocycles. The average molecular weight is 375 g/mol. The number of benzene rings is 1. The Labute approximate surface area is 154 Å². The van der Waals surface area contributed by atoms with Crippen LogP contribution in [0.1, 0.15) is 5.56 Å². The molecule has 0 fully saturated rings. The van der Waals surface area contributed by atoms with Gasteiger partial charge in [-0.2, -0.15) is 0 Å². The van der Waals surface area contributed by atoms with E-state index in [1.807, 2.05) is 12.1 Å². The SMILES string of the molecule is CN(Cc1cccnc1)C(=O)CSc1nnc(-c2ccc(Cl)cc2)o1. The summed E-state index contributed by atoms with van der Waals surface area (Å²) in [5.41, 5.74) is 1.76. The quantitative estimate of drug-likeness (QED) is 0.614. The molecule has 0 saturated heterocycles. The Morgan fingerprint density at radius 3 is 2.76 bits per heavy atom. The van der Waals surface area contributed by atoms with Crippen LogP contribution in [0.25, 0.3) is 11.5 Å². The molecule has 0 aliphatic rings. The first kappa shape index (κ1) is 17.4. The summed E-state index contributed by atoms with van der Waals surface area (Å²) in [5, 5.41) is 8.95. The fourth-order valence-corrected chi connectivity index (χ4v) is 2.89. The van der Waals surface area contributed by atoms with Crippen molar-refractivity contribution >= 4 is 29.3 Å². The number of carbonyl (C=O) groups is 1. The molecule has 0 N–H and O–H groups in total. The molecule has 3 rings (SSSR count). The summed E-state index contributed by atoms with van der Waals surface area (Å²) in [6.45, 7) is 0.507. The van der Waals surface area contributed by atoms with Gasteiger partial charge in [0.25, 0.3) is 5.22 Å². The van der Waals surface area contributed by atoms with Gasteiger partial charge in [-0.3, -0.25) is 9.78 Å². The zero-order valence-corrected chi connectivity index (χ0v) is 15.0. The van der Waals surface area contributed by atoms with Crippen molar-refractivity contribution in [1.82, 2.24) is 20.1 Å². The number of pyridine rings is 1. The Morgan fingerprint density at radius 1 is 1.24 bits per heavy atom. The third-order valence-corrected chi connectivity index (χ3v) is 4.44. The maximum Gasteiger partial charge on any atom is 0.277 e. The summed E-state index contributed by atoms with van der Waals surface area (Å²) in [4.78, 5) is 17.9. The molecule has 0 aliphatic carbocycles. The number of halogens is 1. The van der Waals surface area contributed by atoms with Crippen LogP contribution in [0.15, 0.2) is 58.4 Å². The predicted molar refractivity (Wildman–Crippen MR) is 96.2 cm³/mol. The minimum absolute atomic E-state index is 0.0277. The van der Waals surface area contributed by atoms with Crippen molar-refractivity contribution < 1.29 is 9.21 Å². The molecular formula is C17H15ClN4O2S. The summed E-state index contributed by atoms with van der Waals surface area (Å²) >= 11 is 7.07. The minimum Gasteiger partial charge on any atom is -0.411 e.